The quantitative estimate of drug-likeness (QED) is 0.453. The Labute approximate surface area is 170 Å². The molecule has 3 aromatic carbocycles. The molecule has 0 amide bonds. The number of hydrogen-bond donors (Lipinski definition) is 0. The molecule has 4 aromatic rings. The van der Waals surface area contributed by atoms with Crippen LogP contribution >= 0.6 is 0 Å². The van der Waals surface area contributed by atoms with Crippen LogP contribution in [0, 0.1) is 6.92 Å². The van der Waals surface area contributed by atoms with Gasteiger partial charge >= 0.3 is 0 Å². The van der Waals surface area contributed by atoms with E-state index in [2.05, 4.69) is 6.07 Å². The van der Waals surface area contributed by atoms with E-state index in [-0.39, 0.29) is 0 Å². The predicted molar refractivity (Wildman–Crippen MR) is 114 cm³/mol. The van der Waals surface area contributed by atoms with Gasteiger partial charge in [-0.05, 0) is 41.8 Å². The Morgan fingerprint density at radius 2 is 1.62 bits per heavy atom. The first kappa shape index (κ1) is 19.2. The van der Waals surface area contributed by atoms with Gasteiger partial charge in [0.15, 0.2) is 15.7 Å². The van der Waals surface area contributed by atoms with Crippen LogP contribution in [0.4, 0.5) is 0 Å². The van der Waals surface area contributed by atoms with Crippen LogP contribution in [0.25, 0.3) is 22.4 Å². The molecule has 4 nitrogen and oxygen atoms in total. The molecule has 0 bridgehead atoms. The molecule has 0 aliphatic heterocycles. The third-order valence-corrected chi connectivity index (χ3v) is 5.92. The SMILES string of the molecule is Cc1ccc(-c2ccc(S(C)(=O)=O)cc2)c(-c2coc(Cc3ccccc3)n2)c1. The van der Waals surface area contributed by atoms with Crippen LogP contribution in [0.1, 0.15) is 17.0 Å². The molecular formula is C24H21NO3S. The molecular weight excluding hydrogens is 382 g/mol. The highest BCUT2D eigenvalue weighted by Crippen LogP contribution is 2.33. The van der Waals surface area contributed by atoms with Crippen LogP contribution in [0.5, 0.6) is 0 Å². The summed E-state index contributed by atoms with van der Waals surface area (Å²) in [5.74, 6) is 0.658. The standard InChI is InChI=1S/C24H21NO3S/c1-17-8-13-21(19-9-11-20(12-10-19)29(2,26)27)22(14-17)23-16-28-24(25-23)15-18-6-4-3-5-7-18/h3-14,16H,15H2,1-2H3. The Balaban J connectivity index is 1.71. The molecule has 0 atom stereocenters. The van der Waals surface area contributed by atoms with E-state index in [4.69, 9.17) is 9.40 Å². The lowest BCUT2D eigenvalue weighted by Crippen LogP contribution is -1.96. The molecule has 1 heterocycles. The van der Waals surface area contributed by atoms with Gasteiger partial charge in [0.1, 0.15) is 12.0 Å². The summed E-state index contributed by atoms with van der Waals surface area (Å²) in [7, 11) is -3.22. The van der Waals surface area contributed by atoms with E-state index in [9.17, 15) is 8.42 Å². The molecule has 29 heavy (non-hydrogen) atoms. The fourth-order valence-electron chi connectivity index (χ4n) is 3.29. The molecule has 0 fully saturated rings. The lowest BCUT2D eigenvalue weighted by atomic mass is 9.96. The Morgan fingerprint density at radius 3 is 2.31 bits per heavy atom. The number of sulfone groups is 1. The predicted octanol–water partition coefficient (Wildman–Crippen LogP) is 5.31. The summed E-state index contributed by atoms with van der Waals surface area (Å²) in [5.41, 5.74) is 5.89. The van der Waals surface area contributed by atoms with Crippen molar-refractivity contribution in [3.05, 3.63) is 96.1 Å². The maximum absolute atomic E-state index is 11.7. The van der Waals surface area contributed by atoms with Crippen LogP contribution in [-0.2, 0) is 16.3 Å². The Bertz CT molecular complexity index is 1240. The summed E-state index contributed by atoms with van der Waals surface area (Å²) in [5, 5.41) is 0. The smallest absolute Gasteiger partial charge is 0.198 e. The molecule has 0 aliphatic rings. The fraction of sp³-hybridized carbons (Fsp3) is 0.125. The second-order valence-electron chi connectivity index (χ2n) is 7.13. The minimum Gasteiger partial charge on any atom is -0.448 e. The van der Waals surface area contributed by atoms with Crippen molar-refractivity contribution >= 4 is 9.84 Å². The van der Waals surface area contributed by atoms with E-state index in [1.54, 1.807) is 18.4 Å². The molecule has 4 rings (SSSR count). The Hall–Kier alpha value is -3.18. The van der Waals surface area contributed by atoms with Crippen molar-refractivity contribution in [1.82, 2.24) is 4.98 Å². The molecule has 0 N–H and O–H groups in total. The summed E-state index contributed by atoms with van der Waals surface area (Å²) in [6.45, 7) is 2.03. The maximum atomic E-state index is 11.7. The number of aryl methyl sites for hydroxylation is 1. The monoisotopic (exact) mass is 403 g/mol. The van der Waals surface area contributed by atoms with Gasteiger partial charge in [0.05, 0.1) is 4.90 Å². The van der Waals surface area contributed by atoms with E-state index in [0.29, 0.717) is 17.2 Å². The second-order valence-corrected chi connectivity index (χ2v) is 9.15. The highest BCUT2D eigenvalue weighted by atomic mass is 32.2. The van der Waals surface area contributed by atoms with E-state index in [1.807, 2.05) is 61.5 Å². The summed E-state index contributed by atoms with van der Waals surface area (Å²) in [6, 6.07) is 23.1. The summed E-state index contributed by atoms with van der Waals surface area (Å²) < 4.78 is 29.2. The Morgan fingerprint density at radius 1 is 0.897 bits per heavy atom. The molecule has 146 valence electrons. The molecule has 5 heteroatoms. The van der Waals surface area contributed by atoms with Crippen molar-refractivity contribution in [3.8, 4) is 22.4 Å². The summed E-state index contributed by atoms with van der Waals surface area (Å²) in [4.78, 5) is 5.00. The van der Waals surface area contributed by atoms with Crippen LogP contribution in [0.3, 0.4) is 0 Å². The van der Waals surface area contributed by atoms with Crippen molar-refractivity contribution in [1.29, 1.82) is 0 Å². The number of nitrogens with zero attached hydrogens (tertiary/aromatic N) is 1. The van der Waals surface area contributed by atoms with Crippen LogP contribution < -0.4 is 0 Å². The molecule has 0 saturated carbocycles. The third-order valence-electron chi connectivity index (χ3n) is 4.79. The number of benzene rings is 3. The van der Waals surface area contributed by atoms with Crippen molar-refractivity contribution < 1.29 is 12.8 Å². The molecule has 0 radical (unpaired) electrons. The highest BCUT2D eigenvalue weighted by molar-refractivity contribution is 7.90. The first-order valence-electron chi connectivity index (χ1n) is 9.30. The Kier molecular flexibility index (Phi) is 5.07. The van der Waals surface area contributed by atoms with Crippen LogP contribution in [-0.4, -0.2) is 19.7 Å². The van der Waals surface area contributed by atoms with Gasteiger partial charge in [-0.25, -0.2) is 13.4 Å². The molecule has 0 aliphatic carbocycles. The minimum atomic E-state index is -3.22. The normalized spacial score (nSPS) is 11.5. The van der Waals surface area contributed by atoms with E-state index < -0.39 is 9.84 Å². The molecule has 0 unspecified atom stereocenters. The molecule has 0 spiro atoms. The third kappa shape index (κ3) is 4.30. The van der Waals surface area contributed by atoms with Gasteiger partial charge in [-0.15, -0.1) is 0 Å². The minimum absolute atomic E-state index is 0.307. The molecule has 0 saturated heterocycles. The van der Waals surface area contributed by atoms with Gasteiger partial charge in [-0.2, -0.15) is 0 Å². The summed E-state index contributed by atoms with van der Waals surface area (Å²) >= 11 is 0. The lowest BCUT2D eigenvalue weighted by Gasteiger charge is -2.10. The fourth-order valence-corrected chi connectivity index (χ4v) is 3.92. The number of rotatable bonds is 5. The average Bonchev–Trinajstić information content (AvgIpc) is 3.16. The van der Waals surface area contributed by atoms with E-state index >= 15 is 0 Å². The van der Waals surface area contributed by atoms with E-state index in [1.165, 1.54) is 6.26 Å². The zero-order chi connectivity index (χ0) is 20.4. The van der Waals surface area contributed by atoms with Crippen molar-refractivity contribution in [2.24, 2.45) is 0 Å². The summed E-state index contributed by atoms with van der Waals surface area (Å²) in [6.07, 6.45) is 3.52. The van der Waals surface area contributed by atoms with Gasteiger partial charge in [0, 0.05) is 18.2 Å². The topological polar surface area (TPSA) is 60.2 Å². The van der Waals surface area contributed by atoms with Crippen molar-refractivity contribution in [2.75, 3.05) is 6.26 Å². The van der Waals surface area contributed by atoms with Crippen molar-refractivity contribution in [2.45, 2.75) is 18.2 Å². The van der Waals surface area contributed by atoms with E-state index in [0.717, 1.165) is 33.5 Å². The van der Waals surface area contributed by atoms with Crippen molar-refractivity contribution in [3.63, 3.8) is 0 Å². The lowest BCUT2D eigenvalue weighted by molar-refractivity contribution is 0.507. The zero-order valence-electron chi connectivity index (χ0n) is 16.3. The van der Waals surface area contributed by atoms with Crippen LogP contribution in [0.15, 0.2) is 88.4 Å². The average molecular weight is 404 g/mol. The first-order valence-corrected chi connectivity index (χ1v) is 11.2. The number of hydrogen-bond acceptors (Lipinski definition) is 4. The zero-order valence-corrected chi connectivity index (χ0v) is 17.1. The largest absolute Gasteiger partial charge is 0.448 e. The number of oxazole rings is 1. The maximum Gasteiger partial charge on any atom is 0.198 e. The van der Waals surface area contributed by atoms with Crippen LogP contribution in [0.2, 0.25) is 0 Å². The second kappa shape index (κ2) is 7.68. The van der Waals surface area contributed by atoms with Gasteiger partial charge in [-0.1, -0.05) is 60.2 Å². The van der Waals surface area contributed by atoms with Gasteiger partial charge in [0.25, 0.3) is 0 Å². The molecule has 1 aromatic heterocycles. The number of aromatic nitrogens is 1. The highest BCUT2D eigenvalue weighted by Gasteiger charge is 2.14. The van der Waals surface area contributed by atoms with Gasteiger partial charge in [-0.3, -0.25) is 0 Å². The van der Waals surface area contributed by atoms with Gasteiger partial charge in [0.2, 0.25) is 0 Å². The first-order chi connectivity index (χ1) is 13.9. The van der Waals surface area contributed by atoms with Gasteiger partial charge < -0.3 is 4.42 Å².